The SMILES string of the molecule is Cc1cccnc1CN(Cc1ncccc1C)CC1CCCN(C(=O)OC(C)(C)C)C1. The molecule has 0 bridgehead atoms. The van der Waals surface area contributed by atoms with Crippen LogP contribution in [0.1, 0.15) is 56.1 Å². The van der Waals surface area contributed by atoms with Gasteiger partial charge in [0.15, 0.2) is 0 Å². The van der Waals surface area contributed by atoms with Crippen LogP contribution in [0.3, 0.4) is 0 Å². The van der Waals surface area contributed by atoms with Crippen LogP contribution in [-0.4, -0.2) is 51.1 Å². The third-order valence-corrected chi connectivity index (χ3v) is 5.67. The monoisotopic (exact) mass is 424 g/mol. The molecule has 1 aliphatic heterocycles. The van der Waals surface area contributed by atoms with E-state index in [0.717, 1.165) is 57.0 Å². The van der Waals surface area contributed by atoms with Gasteiger partial charge in [-0.1, -0.05) is 12.1 Å². The van der Waals surface area contributed by atoms with E-state index in [2.05, 4.69) is 40.8 Å². The Labute approximate surface area is 186 Å². The molecule has 1 saturated heterocycles. The molecule has 0 aromatic carbocycles. The molecule has 31 heavy (non-hydrogen) atoms. The molecule has 1 amide bonds. The highest BCUT2D eigenvalue weighted by molar-refractivity contribution is 5.68. The molecule has 3 rings (SSSR count). The van der Waals surface area contributed by atoms with Crippen molar-refractivity contribution in [1.82, 2.24) is 19.8 Å². The first kappa shape index (κ1) is 23.2. The van der Waals surface area contributed by atoms with Crippen molar-refractivity contribution < 1.29 is 9.53 Å². The van der Waals surface area contributed by atoms with E-state index in [1.807, 2.05) is 50.2 Å². The van der Waals surface area contributed by atoms with Gasteiger partial charge in [-0.05, 0) is 76.6 Å². The number of hydrogen-bond donors (Lipinski definition) is 0. The maximum absolute atomic E-state index is 12.6. The van der Waals surface area contributed by atoms with Crippen LogP contribution in [0.25, 0.3) is 0 Å². The van der Waals surface area contributed by atoms with Gasteiger partial charge in [0.05, 0.1) is 11.4 Å². The van der Waals surface area contributed by atoms with E-state index in [1.165, 1.54) is 11.1 Å². The number of carbonyl (C=O) groups excluding carboxylic acids is 1. The van der Waals surface area contributed by atoms with E-state index in [0.29, 0.717) is 5.92 Å². The topological polar surface area (TPSA) is 58.6 Å². The Morgan fingerprint density at radius 1 is 1.10 bits per heavy atom. The molecular formula is C25H36N4O2. The number of pyridine rings is 2. The molecule has 2 aromatic rings. The largest absolute Gasteiger partial charge is 0.444 e. The third-order valence-electron chi connectivity index (χ3n) is 5.67. The normalized spacial score (nSPS) is 17.1. The number of aryl methyl sites for hydroxylation is 2. The Balaban J connectivity index is 1.72. The van der Waals surface area contributed by atoms with Crippen LogP contribution in [0.5, 0.6) is 0 Å². The van der Waals surface area contributed by atoms with Crippen molar-refractivity contribution >= 4 is 6.09 Å². The van der Waals surface area contributed by atoms with E-state index in [-0.39, 0.29) is 6.09 Å². The quantitative estimate of drug-likeness (QED) is 0.670. The molecule has 0 spiro atoms. The fraction of sp³-hybridized carbons (Fsp3) is 0.560. The highest BCUT2D eigenvalue weighted by atomic mass is 16.6. The van der Waals surface area contributed by atoms with Crippen LogP contribution in [0.15, 0.2) is 36.7 Å². The third kappa shape index (κ3) is 7.03. The minimum atomic E-state index is -0.469. The first-order valence-electron chi connectivity index (χ1n) is 11.2. The second-order valence-corrected chi connectivity index (χ2v) is 9.64. The van der Waals surface area contributed by atoms with Gasteiger partial charge in [-0.15, -0.1) is 0 Å². The summed E-state index contributed by atoms with van der Waals surface area (Å²) in [5.41, 5.74) is 4.11. The second-order valence-electron chi connectivity index (χ2n) is 9.64. The molecular weight excluding hydrogens is 388 g/mol. The van der Waals surface area contributed by atoms with E-state index >= 15 is 0 Å². The number of rotatable bonds is 6. The van der Waals surface area contributed by atoms with Crippen molar-refractivity contribution in [3.05, 3.63) is 59.2 Å². The summed E-state index contributed by atoms with van der Waals surface area (Å²) in [4.78, 5) is 26.1. The fourth-order valence-electron chi connectivity index (χ4n) is 4.05. The minimum Gasteiger partial charge on any atom is -0.444 e. The van der Waals surface area contributed by atoms with Crippen molar-refractivity contribution in [3.8, 4) is 0 Å². The summed E-state index contributed by atoms with van der Waals surface area (Å²) in [6.45, 7) is 13.9. The van der Waals surface area contributed by atoms with Crippen LogP contribution < -0.4 is 0 Å². The van der Waals surface area contributed by atoms with Crippen molar-refractivity contribution in [2.24, 2.45) is 5.92 Å². The van der Waals surface area contributed by atoms with Crippen molar-refractivity contribution in [2.75, 3.05) is 19.6 Å². The average molecular weight is 425 g/mol. The van der Waals surface area contributed by atoms with Crippen LogP contribution in [0.4, 0.5) is 4.79 Å². The fourth-order valence-corrected chi connectivity index (χ4v) is 4.05. The van der Waals surface area contributed by atoms with Crippen LogP contribution in [0.2, 0.25) is 0 Å². The number of carbonyl (C=O) groups is 1. The number of hydrogen-bond acceptors (Lipinski definition) is 5. The lowest BCUT2D eigenvalue weighted by Gasteiger charge is -2.36. The Morgan fingerprint density at radius 2 is 1.68 bits per heavy atom. The Hall–Kier alpha value is -2.47. The number of piperidine rings is 1. The van der Waals surface area contributed by atoms with Crippen molar-refractivity contribution in [2.45, 2.75) is 66.2 Å². The summed E-state index contributed by atoms with van der Waals surface area (Å²) >= 11 is 0. The van der Waals surface area contributed by atoms with Gasteiger partial charge in [0, 0.05) is 45.1 Å². The Morgan fingerprint density at radius 3 is 2.19 bits per heavy atom. The molecule has 0 N–H and O–H groups in total. The van der Waals surface area contributed by atoms with Gasteiger partial charge < -0.3 is 9.64 Å². The standard InChI is InChI=1S/C25H36N4O2/c1-19-9-6-12-26-22(19)17-28(18-23-20(2)10-7-13-27-23)15-21-11-8-14-29(16-21)24(30)31-25(3,4)5/h6-7,9-10,12-13,21H,8,11,14-18H2,1-5H3. The average Bonchev–Trinajstić information content (AvgIpc) is 2.70. The zero-order valence-electron chi connectivity index (χ0n) is 19.6. The molecule has 168 valence electrons. The predicted octanol–water partition coefficient (Wildman–Crippen LogP) is 4.74. The molecule has 0 radical (unpaired) electrons. The van der Waals surface area contributed by atoms with Gasteiger partial charge in [-0.2, -0.15) is 0 Å². The summed E-state index contributed by atoms with van der Waals surface area (Å²) in [6, 6.07) is 8.17. The van der Waals surface area contributed by atoms with Crippen LogP contribution in [0, 0.1) is 19.8 Å². The Bertz CT molecular complexity index is 830. The van der Waals surface area contributed by atoms with E-state index in [9.17, 15) is 4.79 Å². The van der Waals surface area contributed by atoms with Gasteiger partial charge in [0.1, 0.15) is 5.60 Å². The maximum atomic E-state index is 12.6. The van der Waals surface area contributed by atoms with Gasteiger partial charge in [0.25, 0.3) is 0 Å². The van der Waals surface area contributed by atoms with Gasteiger partial charge in [0.2, 0.25) is 0 Å². The van der Waals surface area contributed by atoms with Gasteiger partial charge in [-0.25, -0.2) is 4.79 Å². The summed E-state index contributed by atoms with van der Waals surface area (Å²) in [7, 11) is 0. The molecule has 1 atom stereocenters. The van der Waals surface area contributed by atoms with Crippen LogP contribution >= 0.6 is 0 Å². The maximum Gasteiger partial charge on any atom is 0.410 e. The number of amides is 1. The van der Waals surface area contributed by atoms with Crippen molar-refractivity contribution in [3.63, 3.8) is 0 Å². The number of aromatic nitrogens is 2. The molecule has 1 fully saturated rings. The second kappa shape index (κ2) is 10.2. The number of ether oxygens (including phenoxy) is 1. The molecule has 1 unspecified atom stereocenters. The zero-order valence-corrected chi connectivity index (χ0v) is 19.6. The van der Waals surface area contributed by atoms with E-state index < -0.39 is 5.60 Å². The molecule has 6 heteroatoms. The Kier molecular flexibility index (Phi) is 7.65. The summed E-state index contributed by atoms with van der Waals surface area (Å²) in [5, 5.41) is 0. The smallest absolute Gasteiger partial charge is 0.410 e. The first-order chi connectivity index (χ1) is 14.7. The summed E-state index contributed by atoms with van der Waals surface area (Å²) in [6.07, 6.45) is 5.63. The molecule has 0 saturated carbocycles. The van der Waals surface area contributed by atoms with E-state index in [1.54, 1.807) is 0 Å². The van der Waals surface area contributed by atoms with E-state index in [4.69, 9.17) is 4.74 Å². The van der Waals surface area contributed by atoms with Crippen LogP contribution in [-0.2, 0) is 17.8 Å². The highest BCUT2D eigenvalue weighted by Crippen LogP contribution is 2.22. The predicted molar refractivity (Wildman–Crippen MR) is 123 cm³/mol. The van der Waals surface area contributed by atoms with Crippen molar-refractivity contribution in [1.29, 1.82) is 0 Å². The molecule has 2 aromatic heterocycles. The molecule has 6 nitrogen and oxygen atoms in total. The number of likely N-dealkylation sites (tertiary alicyclic amines) is 1. The lowest BCUT2D eigenvalue weighted by Crippen LogP contribution is -2.45. The van der Waals surface area contributed by atoms with Gasteiger partial charge in [-0.3, -0.25) is 14.9 Å². The molecule has 0 aliphatic carbocycles. The van der Waals surface area contributed by atoms with Gasteiger partial charge >= 0.3 is 6.09 Å². The molecule has 1 aliphatic rings. The highest BCUT2D eigenvalue weighted by Gasteiger charge is 2.29. The zero-order chi connectivity index (χ0) is 22.4. The molecule has 3 heterocycles. The summed E-state index contributed by atoms with van der Waals surface area (Å²) < 4.78 is 5.61. The summed E-state index contributed by atoms with van der Waals surface area (Å²) in [5.74, 6) is 0.398. The lowest BCUT2D eigenvalue weighted by atomic mass is 9.97. The minimum absolute atomic E-state index is 0.204. The number of nitrogens with zero attached hydrogens (tertiary/aromatic N) is 4. The lowest BCUT2D eigenvalue weighted by molar-refractivity contribution is 0.0139. The first-order valence-corrected chi connectivity index (χ1v) is 11.2.